The van der Waals surface area contributed by atoms with Crippen molar-refractivity contribution in [2.75, 3.05) is 37.7 Å². The highest BCUT2D eigenvalue weighted by molar-refractivity contribution is 5.76. The molecule has 6 heteroatoms. The minimum atomic E-state index is 0.0389. The van der Waals surface area contributed by atoms with Crippen LogP contribution in [0, 0.1) is 12.8 Å². The SMILES string of the molecule is CCC(=O)N1CCCC[C@H]1c1nc(C)c2c(n1)N(CC1CCOCC1)CCC2. The molecule has 0 aromatic carbocycles. The number of ether oxygens (including phenoxy) is 1. The van der Waals surface area contributed by atoms with E-state index < -0.39 is 0 Å². The molecule has 0 bridgehead atoms. The predicted molar refractivity (Wildman–Crippen MR) is 109 cm³/mol. The van der Waals surface area contributed by atoms with E-state index in [1.807, 2.05) is 11.8 Å². The van der Waals surface area contributed by atoms with E-state index in [-0.39, 0.29) is 11.9 Å². The number of fused-ring (bicyclic) bond motifs is 1. The van der Waals surface area contributed by atoms with Crippen LogP contribution in [0.5, 0.6) is 0 Å². The maximum Gasteiger partial charge on any atom is 0.222 e. The second-order valence-electron chi connectivity index (χ2n) is 8.53. The molecule has 4 heterocycles. The molecule has 1 atom stereocenters. The molecule has 0 radical (unpaired) electrons. The smallest absolute Gasteiger partial charge is 0.222 e. The van der Waals surface area contributed by atoms with Gasteiger partial charge in [-0.1, -0.05) is 6.92 Å². The maximum atomic E-state index is 12.5. The molecule has 2 fully saturated rings. The molecule has 2 saturated heterocycles. The normalized spacial score (nSPS) is 23.6. The van der Waals surface area contributed by atoms with Gasteiger partial charge in [-0.15, -0.1) is 0 Å². The van der Waals surface area contributed by atoms with Crippen LogP contribution in [-0.2, 0) is 16.0 Å². The second-order valence-corrected chi connectivity index (χ2v) is 8.53. The molecule has 1 aromatic rings. The highest BCUT2D eigenvalue weighted by atomic mass is 16.5. The van der Waals surface area contributed by atoms with Gasteiger partial charge in [-0.3, -0.25) is 4.79 Å². The van der Waals surface area contributed by atoms with Crippen molar-refractivity contribution in [3.05, 3.63) is 17.1 Å². The first-order valence-electron chi connectivity index (χ1n) is 11.2. The minimum Gasteiger partial charge on any atom is -0.381 e. The van der Waals surface area contributed by atoms with Crippen molar-refractivity contribution in [1.29, 1.82) is 0 Å². The number of carbonyl (C=O) groups is 1. The summed E-state index contributed by atoms with van der Waals surface area (Å²) in [5.41, 5.74) is 2.41. The van der Waals surface area contributed by atoms with E-state index >= 15 is 0 Å². The van der Waals surface area contributed by atoms with Crippen LogP contribution in [0.1, 0.15) is 75.0 Å². The Balaban J connectivity index is 1.62. The Hall–Kier alpha value is -1.69. The fourth-order valence-electron chi connectivity index (χ4n) is 4.98. The zero-order valence-corrected chi connectivity index (χ0v) is 17.5. The van der Waals surface area contributed by atoms with Crippen molar-refractivity contribution >= 4 is 11.7 Å². The average molecular weight is 387 g/mol. The third kappa shape index (κ3) is 4.02. The Morgan fingerprint density at radius 3 is 2.71 bits per heavy atom. The topological polar surface area (TPSA) is 58.6 Å². The van der Waals surface area contributed by atoms with Crippen molar-refractivity contribution in [2.45, 2.75) is 71.3 Å². The van der Waals surface area contributed by atoms with Crippen LogP contribution in [0.25, 0.3) is 0 Å². The Labute approximate surface area is 168 Å². The lowest BCUT2D eigenvalue weighted by Gasteiger charge is -2.37. The van der Waals surface area contributed by atoms with E-state index in [2.05, 4.69) is 11.8 Å². The predicted octanol–water partition coefficient (Wildman–Crippen LogP) is 3.43. The van der Waals surface area contributed by atoms with Crippen LogP contribution in [0.2, 0.25) is 0 Å². The highest BCUT2D eigenvalue weighted by Crippen LogP contribution is 2.34. The number of aromatic nitrogens is 2. The average Bonchev–Trinajstić information content (AvgIpc) is 2.74. The van der Waals surface area contributed by atoms with E-state index in [1.54, 1.807) is 0 Å². The third-order valence-corrected chi connectivity index (χ3v) is 6.61. The summed E-state index contributed by atoms with van der Waals surface area (Å²) in [7, 11) is 0. The Bertz CT molecular complexity index is 702. The molecule has 0 aliphatic carbocycles. The molecule has 0 unspecified atom stereocenters. The largest absolute Gasteiger partial charge is 0.381 e. The molecule has 3 aliphatic heterocycles. The van der Waals surface area contributed by atoms with Gasteiger partial charge in [0.05, 0.1) is 6.04 Å². The molecular formula is C22H34N4O2. The molecule has 0 N–H and O–H groups in total. The highest BCUT2D eigenvalue weighted by Gasteiger charge is 2.32. The van der Waals surface area contributed by atoms with Gasteiger partial charge in [0, 0.05) is 50.5 Å². The summed E-state index contributed by atoms with van der Waals surface area (Å²) in [6.07, 6.45) is 8.28. The lowest BCUT2D eigenvalue weighted by atomic mass is 9.96. The van der Waals surface area contributed by atoms with Crippen molar-refractivity contribution in [1.82, 2.24) is 14.9 Å². The van der Waals surface area contributed by atoms with Crippen molar-refractivity contribution in [3.8, 4) is 0 Å². The summed E-state index contributed by atoms with van der Waals surface area (Å²) in [5.74, 6) is 2.90. The first kappa shape index (κ1) is 19.6. The van der Waals surface area contributed by atoms with Gasteiger partial charge in [0.2, 0.25) is 5.91 Å². The monoisotopic (exact) mass is 386 g/mol. The van der Waals surface area contributed by atoms with E-state index in [0.29, 0.717) is 12.3 Å². The van der Waals surface area contributed by atoms with Gasteiger partial charge in [0.1, 0.15) is 5.82 Å². The minimum absolute atomic E-state index is 0.0389. The van der Waals surface area contributed by atoms with Crippen molar-refractivity contribution in [2.24, 2.45) is 5.92 Å². The maximum absolute atomic E-state index is 12.5. The van der Waals surface area contributed by atoms with Gasteiger partial charge < -0.3 is 14.5 Å². The Kier molecular flexibility index (Phi) is 6.14. The molecule has 28 heavy (non-hydrogen) atoms. The first-order valence-corrected chi connectivity index (χ1v) is 11.2. The van der Waals surface area contributed by atoms with E-state index in [4.69, 9.17) is 14.7 Å². The van der Waals surface area contributed by atoms with Gasteiger partial charge in [-0.25, -0.2) is 9.97 Å². The van der Waals surface area contributed by atoms with Gasteiger partial charge in [0.15, 0.2) is 5.82 Å². The van der Waals surface area contributed by atoms with Gasteiger partial charge in [-0.2, -0.15) is 0 Å². The molecule has 0 saturated carbocycles. The molecule has 4 rings (SSSR count). The Morgan fingerprint density at radius 1 is 1.11 bits per heavy atom. The van der Waals surface area contributed by atoms with Crippen molar-refractivity contribution in [3.63, 3.8) is 0 Å². The molecule has 1 aromatic heterocycles. The lowest BCUT2D eigenvalue weighted by molar-refractivity contribution is -0.134. The van der Waals surface area contributed by atoms with E-state index in [1.165, 1.54) is 12.0 Å². The number of amides is 1. The third-order valence-electron chi connectivity index (χ3n) is 6.61. The molecular weight excluding hydrogens is 352 g/mol. The van der Waals surface area contributed by atoms with E-state index in [0.717, 1.165) is 88.7 Å². The number of rotatable bonds is 4. The molecule has 0 spiro atoms. The van der Waals surface area contributed by atoms with Crippen LogP contribution in [-0.4, -0.2) is 53.6 Å². The van der Waals surface area contributed by atoms with Gasteiger partial charge >= 0.3 is 0 Å². The quantitative estimate of drug-likeness (QED) is 0.793. The molecule has 3 aliphatic rings. The zero-order chi connectivity index (χ0) is 19.5. The standard InChI is InChI=1S/C22H34N4O2/c1-3-20(27)26-12-5-4-8-19(26)21-23-16(2)18-7-6-11-25(22(18)24-21)15-17-9-13-28-14-10-17/h17,19H,3-15H2,1-2H3/t19-/m0/s1. The van der Waals surface area contributed by atoms with Crippen molar-refractivity contribution < 1.29 is 9.53 Å². The molecule has 6 nitrogen and oxygen atoms in total. The fourth-order valence-corrected chi connectivity index (χ4v) is 4.98. The lowest BCUT2D eigenvalue weighted by Crippen LogP contribution is -2.40. The van der Waals surface area contributed by atoms with Gasteiger partial charge in [0.25, 0.3) is 0 Å². The second kappa shape index (κ2) is 8.76. The zero-order valence-electron chi connectivity index (χ0n) is 17.5. The summed E-state index contributed by atoms with van der Waals surface area (Å²) >= 11 is 0. The number of likely N-dealkylation sites (tertiary alicyclic amines) is 1. The van der Waals surface area contributed by atoms with E-state index in [9.17, 15) is 4.79 Å². The summed E-state index contributed by atoms with van der Waals surface area (Å²) in [6, 6.07) is 0.0389. The first-order chi connectivity index (χ1) is 13.7. The molecule has 154 valence electrons. The Morgan fingerprint density at radius 2 is 1.93 bits per heavy atom. The number of piperidine rings is 1. The molecule has 1 amide bonds. The fraction of sp³-hybridized carbons (Fsp3) is 0.773. The van der Waals surface area contributed by atoms with Crippen LogP contribution < -0.4 is 4.90 Å². The summed E-state index contributed by atoms with van der Waals surface area (Å²) in [4.78, 5) is 27.0. The number of hydrogen-bond acceptors (Lipinski definition) is 5. The van der Waals surface area contributed by atoms with Crippen LogP contribution >= 0.6 is 0 Å². The summed E-state index contributed by atoms with van der Waals surface area (Å²) in [6.45, 7) is 8.81. The van der Waals surface area contributed by atoms with Crippen LogP contribution in [0.15, 0.2) is 0 Å². The van der Waals surface area contributed by atoms with Crippen LogP contribution in [0.4, 0.5) is 5.82 Å². The number of hydrogen-bond donors (Lipinski definition) is 0. The van der Waals surface area contributed by atoms with Crippen LogP contribution in [0.3, 0.4) is 0 Å². The number of anilines is 1. The number of carbonyl (C=O) groups excluding carboxylic acids is 1. The number of nitrogens with zero attached hydrogens (tertiary/aromatic N) is 4. The number of aryl methyl sites for hydroxylation is 1. The summed E-state index contributed by atoms with van der Waals surface area (Å²) in [5, 5.41) is 0. The van der Waals surface area contributed by atoms with Gasteiger partial charge in [-0.05, 0) is 57.8 Å². The summed E-state index contributed by atoms with van der Waals surface area (Å²) < 4.78 is 5.54.